The number of carbonyl (C=O) groups is 1. The summed E-state index contributed by atoms with van der Waals surface area (Å²) in [5.41, 5.74) is 2.79. The fourth-order valence-electron chi connectivity index (χ4n) is 5.03. The van der Waals surface area contributed by atoms with Crippen LogP contribution < -0.4 is 15.1 Å². The standard InChI is InChI=1S/C20H29N3O2.C3H9NO/c1-20(2)11-16-12-21(15-24)14-19(20)23(13-16)18-5-3-17(4-6-18)22-7-9-25-10-8-22;1-4-2-3-5/h3-6,15-16,19H,7-14H2,1-2H3;4-5H,2-3H2,1H3. The van der Waals surface area contributed by atoms with Crippen molar-refractivity contribution in [3.8, 4) is 0 Å². The van der Waals surface area contributed by atoms with E-state index >= 15 is 0 Å². The van der Waals surface area contributed by atoms with Gasteiger partial charge in [0.05, 0.1) is 25.9 Å². The minimum atomic E-state index is 0.226. The average molecular weight is 419 g/mol. The van der Waals surface area contributed by atoms with Crippen molar-refractivity contribution >= 4 is 17.8 Å². The molecule has 7 heteroatoms. The van der Waals surface area contributed by atoms with Crippen LogP contribution >= 0.6 is 0 Å². The lowest BCUT2D eigenvalue weighted by molar-refractivity contribution is -0.118. The number of nitrogens with one attached hydrogen (secondary N) is 1. The molecule has 1 amide bonds. The molecule has 2 N–H and O–H groups in total. The lowest BCUT2D eigenvalue weighted by Gasteiger charge is -2.48. The SMILES string of the molecule is CC1(C)CC2CN(C=O)CC1N(c1ccc(N3CCOCC3)cc1)C2.CNCCO. The third-order valence-electron chi connectivity index (χ3n) is 6.52. The summed E-state index contributed by atoms with van der Waals surface area (Å²) in [6.07, 6.45) is 2.23. The van der Waals surface area contributed by atoms with Gasteiger partial charge in [-0.25, -0.2) is 0 Å². The Labute approximate surface area is 181 Å². The quantitative estimate of drug-likeness (QED) is 0.705. The van der Waals surface area contributed by atoms with Crippen molar-refractivity contribution in [2.45, 2.75) is 26.3 Å². The van der Waals surface area contributed by atoms with Gasteiger partial charge in [-0.1, -0.05) is 13.8 Å². The topological polar surface area (TPSA) is 68.3 Å². The number of rotatable bonds is 5. The van der Waals surface area contributed by atoms with Crippen LogP contribution in [0.4, 0.5) is 11.4 Å². The summed E-state index contributed by atoms with van der Waals surface area (Å²) in [4.78, 5) is 18.3. The molecule has 0 aliphatic carbocycles. The minimum Gasteiger partial charge on any atom is -0.395 e. The number of fused-ring (bicyclic) bond motifs is 4. The number of nitrogens with zero attached hydrogens (tertiary/aromatic N) is 3. The summed E-state index contributed by atoms with van der Waals surface area (Å²) in [5, 5.41) is 10.8. The van der Waals surface area contributed by atoms with E-state index in [9.17, 15) is 4.79 Å². The molecule has 4 heterocycles. The monoisotopic (exact) mass is 418 g/mol. The van der Waals surface area contributed by atoms with E-state index < -0.39 is 0 Å². The van der Waals surface area contributed by atoms with E-state index in [1.807, 2.05) is 4.90 Å². The molecule has 7 nitrogen and oxygen atoms in total. The van der Waals surface area contributed by atoms with Gasteiger partial charge in [-0.3, -0.25) is 4.79 Å². The summed E-state index contributed by atoms with van der Waals surface area (Å²) < 4.78 is 5.45. The van der Waals surface area contributed by atoms with Crippen molar-refractivity contribution in [2.24, 2.45) is 11.3 Å². The third-order valence-corrected chi connectivity index (χ3v) is 6.52. The number of ether oxygens (including phenoxy) is 1. The number of piperidine rings is 1. The molecule has 4 aliphatic rings. The number of benzene rings is 1. The van der Waals surface area contributed by atoms with Crippen LogP contribution in [0, 0.1) is 11.3 Å². The summed E-state index contributed by atoms with van der Waals surface area (Å²) in [7, 11) is 1.80. The third kappa shape index (κ3) is 5.45. The maximum atomic E-state index is 11.4. The molecule has 5 rings (SSSR count). The van der Waals surface area contributed by atoms with Crippen LogP contribution in [-0.2, 0) is 9.53 Å². The molecule has 4 aliphatic heterocycles. The van der Waals surface area contributed by atoms with Gasteiger partial charge in [-0.15, -0.1) is 0 Å². The van der Waals surface area contributed by atoms with Gasteiger partial charge >= 0.3 is 0 Å². The maximum absolute atomic E-state index is 11.4. The highest BCUT2D eigenvalue weighted by atomic mass is 16.5. The van der Waals surface area contributed by atoms with E-state index in [0.29, 0.717) is 18.5 Å². The summed E-state index contributed by atoms with van der Waals surface area (Å²) >= 11 is 0. The van der Waals surface area contributed by atoms with Crippen molar-refractivity contribution < 1.29 is 14.6 Å². The van der Waals surface area contributed by atoms with Crippen molar-refractivity contribution in [2.75, 3.05) is 75.9 Å². The molecule has 0 radical (unpaired) electrons. The van der Waals surface area contributed by atoms with Crippen LogP contribution in [0.5, 0.6) is 0 Å². The Morgan fingerprint density at radius 2 is 1.80 bits per heavy atom. The number of carbonyl (C=O) groups excluding carboxylic acids is 1. The van der Waals surface area contributed by atoms with Gasteiger partial charge in [0.1, 0.15) is 0 Å². The number of amides is 1. The van der Waals surface area contributed by atoms with Crippen molar-refractivity contribution in [3.63, 3.8) is 0 Å². The average Bonchev–Trinajstić information content (AvgIpc) is 3.02. The van der Waals surface area contributed by atoms with Crippen molar-refractivity contribution in [1.82, 2.24) is 10.2 Å². The molecule has 0 saturated carbocycles. The first-order valence-electron chi connectivity index (χ1n) is 11.1. The zero-order chi connectivity index (χ0) is 21.6. The van der Waals surface area contributed by atoms with Gasteiger partial charge < -0.3 is 29.9 Å². The van der Waals surface area contributed by atoms with E-state index in [1.54, 1.807) is 7.05 Å². The first-order valence-corrected chi connectivity index (χ1v) is 11.1. The van der Waals surface area contributed by atoms with Gasteiger partial charge in [-0.05, 0) is 49.1 Å². The largest absolute Gasteiger partial charge is 0.395 e. The zero-order valence-corrected chi connectivity index (χ0v) is 18.7. The predicted molar refractivity (Wildman–Crippen MR) is 121 cm³/mol. The van der Waals surface area contributed by atoms with Crippen LogP contribution in [0.15, 0.2) is 24.3 Å². The van der Waals surface area contributed by atoms with E-state index in [4.69, 9.17) is 9.84 Å². The number of aliphatic hydroxyl groups is 1. The molecule has 2 unspecified atom stereocenters. The molecule has 168 valence electrons. The molecule has 2 atom stereocenters. The fraction of sp³-hybridized carbons (Fsp3) is 0.696. The molecule has 1 aromatic rings. The van der Waals surface area contributed by atoms with Crippen LogP contribution in [0.25, 0.3) is 0 Å². The molecule has 4 saturated heterocycles. The Balaban J connectivity index is 0.000000461. The van der Waals surface area contributed by atoms with Crippen LogP contribution in [0.3, 0.4) is 0 Å². The van der Waals surface area contributed by atoms with Crippen LogP contribution in [0.1, 0.15) is 20.3 Å². The van der Waals surface area contributed by atoms with E-state index in [1.165, 1.54) is 17.8 Å². The van der Waals surface area contributed by atoms with E-state index in [-0.39, 0.29) is 12.0 Å². The maximum Gasteiger partial charge on any atom is 0.209 e. The number of anilines is 2. The van der Waals surface area contributed by atoms with Gasteiger partial charge in [0.2, 0.25) is 6.41 Å². The van der Waals surface area contributed by atoms with Gasteiger partial charge in [0.25, 0.3) is 0 Å². The minimum absolute atomic E-state index is 0.226. The molecule has 4 fully saturated rings. The second-order valence-electron chi connectivity index (χ2n) is 9.23. The smallest absolute Gasteiger partial charge is 0.209 e. The van der Waals surface area contributed by atoms with Gasteiger partial charge in [-0.2, -0.15) is 0 Å². The Bertz CT molecular complexity index is 659. The lowest BCUT2D eigenvalue weighted by Crippen LogP contribution is -2.53. The number of likely N-dealkylation sites (N-methyl/N-ethyl adjacent to an activating group) is 1. The highest BCUT2D eigenvalue weighted by Crippen LogP contribution is 2.43. The van der Waals surface area contributed by atoms with E-state index in [2.05, 4.69) is 53.2 Å². The van der Waals surface area contributed by atoms with Crippen LogP contribution in [-0.4, -0.2) is 88.6 Å². The molecule has 0 spiro atoms. The highest BCUT2D eigenvalue weighted by Gasteiger charge is 2.45. The Kier molecular flexibility index (Phi) is 7.97. The number of morpholine rings is 1. The molecule has 30 heavy (non-hydrogen) atoms. The summed E-state index contributed by atoms with van der Waals surface area (Å²) in [6.45, 7) is 12.0. The Morgan fingerprint density at radius 3 is 2.37 bits per heavy atom. The highest BCUT2D eigenvalue weighted by molar-refractivity contribution is 5.58. The number of aliphatic hydroxyl groups excluding tert-OH is 1. The molecular weight excluding hydrogens is 380 g/mol. The molecule has 1 aromatic carbocycles. The molecular formula is C23H38N4O3. The molecule has 0 aromatic heterocycles. The summed E-state index contributed by atoms with van der Waals surface area (Å²) in [6, 6.07) is 9.37. The number of hydrogen-bond acceptors (Lipinski definition) is 6. The first-order chi connectivity index (χ1) is 14.5. The van der Waals surface area contributed by atoms with Crippen LogP contribution in [0.2, 0.25) is 0 Å². The first kappa shape index (κ1) is 22.8. The predicted octanol–water partition coefficient (Wildman–Crippen LogP) is 1.41. The zero-order valence-electron chi connectivity index (χ0n) is 18.7. The normalized spacial score (nSPS) is 25.4. The van der Waals surface area contributed by atoms with Crippen molar-refractivity contribution in [1.29, 1.82) is 0 Å². The van der Waals surface area contributed by atoms with Gasteiger partial charge in [0, 0.05) is 50.6 Å². The van der Waals surface area contributed by atoms with Gasteiger partial charge in [0.15, 0.2) is 0 Å². The Hall–Kier alpha value is -1.83. The van der Waals surface area contributed by atoms with E-state index in [0.717, 1.165) is 52.3 Å². The summed E-state index contributed by atoms with van der Waals surface area (Å²) in [5.74, 6) is 0.554. The van der Waals surface area contributed by atoms with Crippen molar-refractivity contribution in [3.05, 3.63) is 24.3 Å². The molecule has 2 bridgehead atoms. The lowest BCUT2D eigenvalue weighted by atomic mass is 9.73. The fourth-order valence-corrected chi connectivity index (χ4v) is 5.03. The Morgan fingerprint density at radius 1 is 1.13 bits per heavy atom. The second-order valence-corrected chi connectivity index (χ2v) is 9.23. The number of hydrogen-bond donors (Lipinski definition) is 2. The second kappa shape index (κ2) is 10.5.